The Kier molecular flexibility index (Phi) is 8.45. The molecule has 0 aliphatic carbocycles. The summed E-state index contributed by atoms with van der Waals surface area (Å²) in [5, 5.41) is 2.71. The van der Waals surface area contributed by atoms with Crippen molar-refractivity contribution in [1.29, 1.82) is 0 Å². The summed E-state index contributed by atoms with van der Waals surface area (Å²) in [6.07, 6.45) is -0.553. The second-order valence-corrected chi connectivity index (χ2v) is 7.59. The second-order valence-electron chi connectivity index (χ2n) is 7.59. The number of carbonyl (C=O) groups excluding carboxylic acids is 2. The largest absolute Gasteiger partial charge is 0.444 e. The summed E-state index contributed by atoms with van der Waals surface area (Å²) in [7, 11) is 0. The van der Waals surface area contributed by atoms with Crippen LogP contribution in [0.25, 0.3) is 0 Å². The van der Waals surface area contributed by atoms with E-state index in [9.17, 15) is 9.59 Å². The summed E-state index contributed by atoms with van der Waals surface area (Å²) in [6.45, 7) is 5.90. The number of rotatable bonds is 7. The number of ether oxygens (including phenoxy) is 2. The van der Waals surface area contributed by atoms with Crippen molar-refractivity contribution in [3.8, 4) is 11.8 Å². The first-order valence-corrected chi connectivity index (χ1v) is 9.53. The number of carbonyl (C=O) groups is 2. The van der Waals surface area contributed by atoms with E-state index >= 15 is 0 Å². The van der Waals surface area contributed by atoms with E-state index < -0.39 is 17.7 Å². The standard InChI is InChI=1S/C24H27NO4/c1-24(2,3)29-23(27)25-21(18-28-17-20-12-8-5-9-13-20)16-22(26)15-14-19-10-6-4-7-11-19/h4-13,21H,16-18H2,1-3H3,(H,25,27)/t21-/m1/s1. The molecule has 2 rings (SSSR count). The van der Waals surface area contributed by atoms with Crippen LogP contribution in [-0.2, 0) is 20.9 Å². The van der Waals surface area contributed by atoms with Crippen molar-refractivity contribution in [2.45, 2.75) is 45.4 Å². The average molecular weight is 393 g/mol. The Labute approximate surface area is 172 Å². The molecule has 29 heavy (non-hydrogen) atoms. The lowest BCUT2D eigenvalue weighted by Gasteiger charge is -2.23. The zero-order chi connectivity index (χ0) is 21.1. The lowest BCUT2D eigenvalue weighted by atomic mass is 10.1. The molecule has 2 aromatic rings. The minimum Gasteiger partial charge on any atom is -0.444 e. The number of benzene rings is 2. The minimum absolute atomic E-state index is 0.0356. The van der Waals surface area contributed by atoms with E-state index in [2.05, 4.69) is 17.2 Å². The van der Waals surface area contributed by atoms with Gasteiger partial charge in [0.15, 0.2) is 0 Å². The van der Waals surface area contributed by atoms with Gasteiger partial charge in [0.1, 0.15) is 5.60 Å². The van der Waals surface area contributed by atoms with Crippen LogP contribution in [0.4, 0.5) is 4.79 Å². The molecule has 1 amide bonds. The van der Waals surface area contributed by atoms with E-state index in [0.29, 0.717) is 6.61 Å². The highest BCUT2D eigenvalue weighted by Crippen LogP contribution is 2.08. The summed E-state index contributed by atoms with van der Waals surface area (Å²) in [5.74, 6) is 5.18. The lowest BCUT2D eigenvalue weighted by molar-refractivity contribution is -0.114. The number of amides is 1. The molecular formula is C24H27NO4. The maximum absolute atomic E-state index is 12.3. The molecule has 0 heterocycles. The van der Waals surface area contributed by atoms with E-state index in [1.165, 1.54) is 0 Å². The molecule has 0 spiro atoms. The van der Waals surface area contributed by atoms with Gasteiger partial charge in [-0.2, -0.15) is 0 Å². The van der Waals surface area contributed by atoms with Crippen LogP contribution in [0.5, 0.6) is 0 Å². The normalized spacial score (nSPS) is 11.7. The Bertz CT molecular complexity index is 845. The summed E-state index contributed by atoms with van der Waals surface area (Å²) < 4.78 is 11.0. The quantitative estimate of drug-likeness (QED) is 0.719. The van der Waals surface area contributed by atoms with Gasteiger partial charge in [0, 0.05) is 12.0 Å². The Morgan fingerprint density at radius 1 is 1.00 bits per heavy atom. The highest BCUT2D eigenvalue weighted by atomic mass is 16.6. The van der Waals surface area contributed by atoms with Gasteiger partial charge in [0.05, 0.1) is 19.3 Å². The van der Waals surface area contributed by atoms with Gasteiger partial charge >= 0.3 is 6.09 Å². The Hall–Kier alpha value is -3.10. The molecule has 0 saturated heterocycles. The predicted molar refractivity (Wildman–Crippen MR) is 112 cm³/mol. The van der Waals surface area contributed by atoms with E-state index in [-0.39, 0.29) is 18.8 Å². The molecule has 0 radical (unpaired) electrons. The topological polar surface area (TPSA) is 64.6 Å². The zero-order valence-electron chi connectivity index (χ0n) is 17.1. The van der Waals surface area contributed by atoms with Gasteiger partial charge in [0.2, 0.25) is 5.78 Å². The summed E-state index contributed by atoms with van der Waals surface area (Å²) in [6, 6.07) is 18.4. The molecule has 0 fully saturated rings. The van der Waals surface area contributed by atoms with Crippen LogP contribution in [0.1, 0.15) is 38.3 Å². The Morgan fingerprint density at radius 3 is 2.24 bits per heavy atom. The second kappa shape index (κ2) is 11.0. The van der Waals surface area contributed by atoms with Gasteiger partial charge in [-0.15, -0.1) is 0 Å². The molecule has 2 aromatic carbocycles. The SMILES string of the molecule is CC(C)(C)OC(=O)N[C@@H](COCc1ccccc1)CC(=O)C#Cc1ccccc1. The summed E-state index contributed by atoms with van der Waals surface area (Å²) in [4.78, 5) is 24.4. The van der Waals surface area contributed by atoms with Crippen LogP contribution >= 0.6 is 0 Å². The number of ketones is 1. The molecule has 0 aliphatic heterocycles. The first-order valence-electron chi connectivity index (χ1n) is 9.53. The number of hydrogen-bond acceptors (Lipinski definition) is 4. The molecule has 0 aliphatic rings. The smallest absolute Gasteiger partial charge is 0.407 e. The van der Waals surface area contributed by atoms with Crippen LogP contribution in [0.2, 0.25) is 0 Å². The van der Waals surface area contributed by atoms with Crippen molar-refractivity contribution >= 4 is 11.9 Å². The Balaban J connectivity index is 1.96. The zero-order valence-corrected chi connectivity index (χ0v) is 17.1. The highest BCUT2D eigenvalue weighted by molar-refractivity contribution is 5.96. The summed E-state index contributed by atoms with van der Waals surface area (Å²) in [5.41, 5.74) is 1.15. The number of nitrogens with one attached hydrogen (secondary N) is 1. The van der Waals surface area contributed by atoms with Gasteiger partial charge in [0.25, 0.3) is 0 Å². The molecule has 0 unspecified atom stereocenters. The van der Waals surface area contributed by atoms with Crippen molar-refractivity contribution in [2.75, 3.05) is 6.61 Å². The van der Waals surface area contributed by atoms with E-state index in [1.54, 1.807) is 20.8 Å². The van der Waals surface area contributed by atoms with E-state index in [0.717, 1.165) is 11.1 Å². The third-order valence-corrected chi connectivity index (χ3v) is 3.70. The fourth-order valence-electron chi connectivity index (χ4n) is 2.46. The van der Waals surface area contributed by atoms with Crippen molar-refractivity contribution < 1.29 is 19.1 Å². The molecule has 152 valence electrons. The van der Waals surface area contributed by atoms with Crippen LogP contribution in [0.3, 0.4) is 0 Å². The number of Topliss-reactive ketones (excluding diaryl/α,β-unsaturated/α-hetero) is 1. The predicted octanol–water partition coefficient (Wildman–Crippen LogP) is 4.11. The van der Waals surface area contributed by atoms with Gasteiger partial charge < -0.3 is 14.8 Å². The van der Waals surface area contributed by atoms with Crippen LogP contribution in [0, 0.1) is 11.8 Å². The molecule has 0 bridgehead atoms. The molecule has 5 nitrogen and oxygen atoms in total. The maximum atomic E-state index is 12.3. The number of alkyl carbamates (subject to hydrolysis) is 1. The Morgan fingerprint density at radius 2 is 1.62 bits per heavy atom. The molecular weight excluding hydrogens is 366 g/mol. The lowest BCUT2D eigenvalue weighted by Crippen LogP contribution is -2.42. The molecule has 0 aromatic heterocycles. The third-order valence-electron chi connectivity index (χ3n) is 3.70. The van der Waals surface area contributed by atoms with Crippen LogP contribution in [-0.4, -0.2) is 30.1 Å². The maximum Gasteiger partial charge on any atom is 0.407 e. The van der Waals surface area contributed by atoms with E-state index in [4.69, 9.17) is 9.47 Å². The van der Waals surface area contributed by atoms with Crippen molar-refractivity contribution in [1.82, 2.24) is 5.32 Å². The first-order chi connectivity index (χ1) is 13.8. The van der Waals surface area contributed by atoms with Gasteiger partial charge in [-0.05, 0) is 44.4 Å². The molecule has 1 N–H and O–H groups in total. The van der Waals surface area contributed by atoms with Crippen molar-refractivity contribution in [3.63, 3.8) is 0 Å². The van der Waals surface area contributed by atoms with Gasteiger partial charge in [-0.3, -0.25) is 4.79 Å². The average Bonchev–Trinajstić information content (AvgIpc) is 2.66. The third kappa shape index (κ3) is 9.59. The van der Waals surface area contributed by atoms with Crippen molar-refractivity contribution in [2.24, 2.45) is 0 Å². The van der Waals surface area contributed by atoms with Crippen LogP contribution in [0.15, 0.2) is 60.7 Å². The highest BCUT2D eigenvalue weighted by Gasteiger charge is 2.21. The van der Waals surface area contributed by atoms with Gasteiger partial charge in [-0.25, -0.2) is 4.79 Å². The van der Waals surface area contributed by atoms with E-state index in [1.807, 2.05) is 60.7 Å². The molecule has 1 atom stereocenters. The minimum atomic E-state index is -0.628. The van der Waals surface area contributed by atoms with Crippen molar-refractivity contribution in [3.05, 3.63) is 71.8 Å². The number of hydrogen-bond donors (Lipinski definition) is 1. The molecule has 5 heteroatoms. The molecule has 0 saturated carbocycles. The van der Waals surface area contributed by atoms with Gasteiger partial charge in [-0.1, -0.05) is 54.5 Å². The fourth-order valence-corrected chi connectivity index (χ4v) is 2.46. The first kappa shape index (κ1) is 22.2. The summed E-state index contributed by atoms with van der Waals surface area (Å²) >= 11 is 0. The monoisotopic (exact) mass is 393 g/mol. The van der Waals surface area contributed by atoms with Crippen LogP contribution < -0.4 is 5.32 Å². The fraction of sp³-hybridized carbons (Fsp3) is 0.333.